The van der Waals surface area contributed by atoms with Crippen molar-refractivity contribution in [2.75, 3.05) is 11.9 Å². The molecule has 0 unspecified atom stereocenters. The molecule has 0 spiro atoms. The lowest BCUT2D eigenvalue weighted by Gasteiger charge is -2.12. The Kier molecular flexibility index (Phi) is 10.3. The van der Waals surface area contributed by atoms with Gasteiger partial charge in [-0.05, 0) is 41.8 Å². The second kappa shape index (κ2) is 12.7. The summed E-state index contributed by atoms with van der Waals surface area (Å²) in [6, 6.07) is 11.0. The number of nitrogens with two attached hydrogens (primary N) is 2. The molecule has 30 heavy (non-hydrogen) atoms. The van der Waals surface area contributed by atoms with Crippen LogP contribution in [-0.4, -0.2) is 18.5 Å². The second-order valence-corrected chi connectivity index (χ2v) is 8.20. The van der Waals surface area contributed by atoms with E-state index < -0.39 is 0 Å². The van der Waals surface area contributed by atoms with Gasteiger partial charge in [0.05, 0.1) is 15.7 Å². The smallest absolute Gasteiger partial charge is 0.218 e. The lowest BCUT2D eigenvalue weighted by atomic mass is 10.1. The van der Waals surface area contributed by atoms with Gasteiger partial charge in [0.2, 0.25) is 11.9 Å². The highest BCUT2D eigenvalue weighted by Gasteiger charge is 2.11. The summed E-state index contributed by atoms with van der Waals surface area (Å²) in [5.74, 6) is 0.195. The predicted molar refractivity (Wildman–Crippen MR) is 132 cm³/mol. The van der Waals surface area contributed by atoms with E-state index in [2.05, 4.69) is 22.2 Å². The molecule has 0 aromatic heterocycles. The highest BCUT2D eigenvalue weighted by Crippen LogP contribution is 2.35. The van der Waals surface area contributed by atoms with Crippen LogP contribution in [0.5, 0.6) is 0 Å². The zero-order valence-electron chi connectivity index (χ0n) is 17.1. The van der Waals surface area contributed by atoms with Gasteiger partial charge < -0.3 is 16.8 Å². The van der Waals surface area contributed by atoms with Crippen molar-refractivity contribution >= 4 is 52.4 Å². The molecule has 0 fully saturated rings. The first-order chi connectivity index (χ1) is 14.4. The molecule has 0 amide bonds. The number of halogens is 3. The minimum Gasteiger partial charge on any atom is -0.369 e. The molecule has 5 nitrogen and oxygen atoms in total. The number of rotatable bonds is 9. The van der Waals surface area contributed by atoms with Crippen LogP contribution in [0.1, 0.15) is 45.4 Å². The molecule has 5 N–H and O–H groups in total. The summed E-state index contributed by atoms with van der Waals surface area (Å²) in [5.41, 5.74) is 14.1. The van der Waals surface area contributed by atoms with Crippen molar-refractivity contribution in [1.82, 2.24) is 0 Å². The van der Waals surface area contributed by atoms with Gasteiger partial charge in [0, 0.05) is 11.6 Å². The summed E-state index contributed by atoms with van der Waals surface area (Å²) < 4.78 is 0. The fourth-order valence-corrected chi connectivity index (χ4v) is 3.61. The van der Waals surface area contributed by atoms with Gasteiger partial charge in [-0.2, -0.15) is 4.99 Å². The molecule has 162 valence electrons. The van der Waals surface area contributed by atoms with E-state index in [1.807, 2.05) is 24.3 Å². The molecule has 0 saturated carbocycles. The Balaban J connectivity index is 1.97. The highest BCUT2D eigenvalue weighted by molar-refractivity contribution is 6.40. The molecule has 0 radical (unpaired) electrons. The van der Waals surface area contributed by atoms with E-state index in [0.717, 1.165) is 24.0 Å². The summed E-state index contributed by atoms with van der Waals surface area (Å²) in [4.78, 5) is 8.31. The van der Waals surface area contributed by atoms with Crippen LogP contribution < -0.4 is 16.8 Å². The predicted octanol–water partition coefficient (Wildman–Crippen LogP) is 6.72. The van der Waals surface area contributed by atoms with Crippen LogP contribution in [0.4, 0.5) is 5.69 Å². The molecule has 0 aliphatic carbocycles. The molecule has 2 aromatic carbocycles. The number of hydrogen-bond donors (Lipinski definition) is 3. The van der Waals surface area contributed by atoms with Gasteiger partial charge in [-0.3, -0.25) is 4.99 Å². The maximum absolute atomic E-state index is 6.41. The Morgan fingerprint density at radius 3 is 2.10 bits per heavy atom. The molecule has 8 heteroatoms. The Hall–Kier alpha value is -1.95. The quantitative estimate of drug-likeness (QED) is 0.217. The van der Waals surface area contributed by atoms with E-state index in [4.69, 9.17) is 46.3 Å². The fraction of sp³-hybridized carbons (Fsp3) is 0.364. The number of benzene rings is 2. The van der Waals surface area contributed by atoms with Crippen molar-refractivity contribution in [3.05, 3.63) is 51.5 Å². The van der Waals surface area contributed by atoms with Gasteiger partial charge in [-0.1, -0.05) is 86.0 Å². The summed E-state index contributed by atoms with van der Waals surface area (Å²) in [7, 11) is 0. The van der Waals surface area contributed by atoms with Crippen LogP contribution >= 0.6 is 34.8 Å². The minimum atomic E-state index is 0.0715. The lowest BCUT2D eigenvalue weighted by molar-refractivity contribution is 0.612. The summed E-state index contributed by atoms with van der Waals surface area (Å²) >= 11 is 18.8. The van der Waals surface area contributed by atoms with Crippen molar-refractivity contribution in [1.29, 1.82) is 0 Å². The number of aliphatic imine (C=N–C) groups is 2. The molecule has 0 aliphatic rings. The number of anilines is 1. The van der Waals surface area contributed by atoms with E-state index in [1.54, 1.807) is 12.1 Å². The average Bonchev–Trinajstić information content (AvgIpc) is 2.70. The Morgan fingerprint density at radius 1 is 0.867 bits per heavy atom. The van der Waals surface area contributed by atoms with Gasteiger partial charge >= 0.3 is 0 Å². The average molecular weight is 469 g/mol. The normalized spacial score (nSPS) is 12.3. The van der Waals surface area contributed by atoms with Crippen LogP contribution in [0.15, 0.2) is 46.4 Å². The SMILES string of the molecule is CCCCCCCCN=C(N)N=C(N)Nc1c(Cl)cc(-c2ccc(Cl)cc2)cc1Cl. The third kappa shape index (κ3) is 8.05. The van der Waals surface area contributed by atoms with Gasteiger partial charge in [-0.25, -0.2) is 0 Å². The van der Waals surface area contributed by atoms with Crippen LogP contribution in [0, 0.1) is 0 Å². The summed E-state index contributed by atoms with van der Waals surface area (Å²) in [6.45, 7) is 2.84. The van der Waals surface area contributed by atoms with Crippen LogP contribution in [0.25, 0.3) is 11.1 Å². The highest BCUT2D eigenvalue weighted by atomic mass is 35.5. The van der Waals surface area contributed by atoms with Crippen molar-refractivity contribution in [2.24, 2.45) is 21.5 Å². The van der Waals surface area contributed by atoms with Crippen molar-refractivity contribution in [3.63, 3.8) is 0 Å². The molecule has 2 rings (SSSR count). The third-order valence-corrected chi connectivity index (χ3v) is 5.34. The first kappa shape index (κ1) is 24.3. The van der Waals surface area contributed by atoms with Gasteiger partial charge in [0.25, 0.3) is 0 Å². The number of hydrogen-bond acceptors (Lipinski definition) is 1. The largest absolute Gasteiger partial charge is 0.369 e. The van der Waals surface area contributed by atoms with E-state index in [-0.39, 0.29) is 11.9 Å². The Labute approximate surface area is 193 Å². The second-order valence-electron chi connectivity index (χ2n) is 6.95. The molecule has 0 bridgehead atoms. The summed E-state index contributed by atoms with van der Waals surface area (Å²) in [5, 5.41) is 4.39. The zero-order valence-corrected chi connectivity index (χ0v) is 19.4. The standard InChI is InChI=1S/C22H28Cl3N5/c1-2-3-4-5-6-7-12-28-21(26)30-22(27)29-20-18(24)13-16(14-19(20)25)15-8-10-17(23)11-9-15/h8-11,13-14H,2-7,12H2,1H3,(H5,26,27,28,29,30). The van der Waals surface area contributed by atoms with Crippen LogP contribution in [0.2, 0.25) is 15.1 Å². The Morgan fingerprint density at radius 2 is 1.47 bits per heavy atom. The first-order valence-electron chi connectivity index (χ1n) is 10.1. The maximum Gasteiger partial charge on any atom is 0.218 e. The monoisotopic (exact) mass is 467 g/mol. The third-order valence-electron chi connectivity index (χ3n) is 4.49. The molecular weight excluding hydrogens is 441 g/mol. The van der Waals surface area contributed by atoms with Crippen molar-refractivity contribution in [3.8, 4) is 11.1 Å². The molecule has 0 atom stereocenters. The zero-order chi connectivity index (χ0) is 21.9. The van der Waals surface area contributed by atoms with E-state index in [9.17, 15) is 0 Å². The van der Waals surface area contributed by atoms with Crippen molar-refractivity contribution < 1.29 is 0 Å². The number of nitrogens with zero attached hydrogens (tertiary/aromatic N) is 2. The van der Waals surface area contributed by atoms with Gasteiger partial charge in [0.1, 0.15) is 0 Å². The van der Waals surface area contributed by atoms with Crippen molar-refractivity contribution in [2.45, 2.75) is 45.4 Å². The molecule has 0 saturated heterocycles. The van der Waals surface area contributed by atoms with Gasteiger partial charge in [-0.15, -0.1) is 0 Å². The molecular formula is C22H28Cl3N5. The lowest BCUT2D eigenvalue weighted by Crippen LogP contribution is -2.26. The topological polar surface area (TPSA) is 88.8 Å². The molecule has 0 aliphatic heterocycles. The minimum absolute atomic E-state index is 0.0715. The first-order valence-corrected chi connectivity index (χ1v) is 11.2. The van der Waals surface area contributed by atoms with Crippen LogP contribution in [0.3, 0.4) is 0 Å². The molecule has 0 heterocycles. The number of unbranched alkanes of at least 4 members (excludes halogenated alkanes) is 5. The number of guanidine groups is 2. The van der Waals surface area contributed by atoms with Crippen LogP contribution in [-0.2, 0) is 0 Å². The van der Waals surface area contributed by atoms with E-state index in [1.165, 1.54) is 25.7 Å². The Bertz CT molecular complexity index is 856. The fourth-order valence-electron chi connectivity index (χ4n) is 2.90. The van der Waals surface area contributed by atoms with E-state index in [0.29, 0.717) is 27.3 Å². The van der Waals surface area contributed by atoms with E-state index >= 15 is 0 Å². The summed E-state index contributed by atoms with van der Waals surface area (Å²) in [6.07, 6.45) is 7.13. The molecule has 2 aromatic rings. The maximum atomic E-state index is 6.41. The number of nitrogens with one attached hydrogen (secondary N) is 1. The van der Waals surface area contributed by atoms with Gasteiger partial charge in [0.15, 0.2) is 0 Å².